The van der Waals surface area contributed by atoms with Crippen LogP contribution < -0.4 is 5.32 Å². The van der Waals surface area contributed by atoms with Gasteiger partial charge in [-0.25, -0.2) is 0 Å². The Hall–Kier alpha value is -0.860. The lowest BCUT2D eigenvalue weighted by molar-refractivity contribution is 0.127. The Kier molecular flexibility index (Phi) is 6.25. The summed E-state index contributed by atoms with van der Waals surface area (Å²) < 4.78 is 0. The molecule has 21 heavy (non-hydrogen) atoms. The Morgan fingerprint density at radius 1 is 1.24 bits per heavy atom. The van der Waals surface area contributed by atoms with Gasteiger partial charge in [-0.2, -0.15) is 0 Å². The van der Waals surface area contributed by atoms with E-state index in [0.29, 0.717) is 12.1 Å². The van der Waals surface area contributed by atoms with Gasteiger partial charge in [-0.1, -0.05) is 50.6 Å². The second kappa shape index (κ2) is 7.95. The first-order valence-corrected chi connectivity index (χ1v) is 8.58. The Morgan fingerprint density at radius 3 is 2.57 bits per heavy atom. The Labute approximate surface area is 130 Å². The molecule has 4 unspecified atom stereocenters. The quantitative estimate of drug-likeness (QED) is 0.854. The van der Waals surface area contributed by atoms with Gasteiger partial charge in [-0.05, 0) is 50.8 Å². The van der Waals surface area contributed by atoms with Gasteiger partial charge in [-0.3, -0.25) is 0 Å². The lowest BCUT2D eigenvalue weighted by atomic mass is 9.78. The highest BCUT2D eigenvalue weighted by Crippen LogP contribution is 2.35. The highest BCUT2D eigenvalue weighted by Gasteiger charge is 2.32. The van der Waals surface area contributed by atoms with Gasteiger partial charge in [0.25, 0.3) is 0 Å². The lowest BCUT2D eigenvalue weighted by Crippen LogP contribution is -2.51. The number of hydrogen-bond acceptors (Lipinski definition) is 2. The third kappa shape index (κ3) is 4.31. The molecule has 0 bridgehead atoms. The number of nitrogens with one attached hydrogen (secondary N) is 1. The summed E-state index contributed by atoms with van der Waals surface area (Å²) in [6, 6.07) is 12.4. The zero-order valence-electron chi connectivity index (χ0n) is 14.2. The molecule has 2 rings (SSSR count). The molecule has 2 nitrogen and oxygen atoms in total. The number of hydrogen-bond donors (Lipinski definition) is 1. The first-order valence-electron chi connectivity index (χ1n) is 8.58. The van der Waals surface area contributed by atoms with E-state index in [1.165, 1.54) is 37.8 Å². The molecule has 1 aromatic carbocycles. The first kappa shape index (κ1) is 16.5. The van der Waals surface area contributed by atoms with Crippen molar-refractivity contribution < 1.29 is 0 Å². The van der Waals surface area contributed by atoms with Crippen LogP contribution in [0.4, 0.5) is 0 Å². The van der Waals surface area contributed by atoms with Crippen LogP contribution in [0.5, 0.6) is 0 Å². The molecule has 0 heterocycles. The Bertz CT molecular complexity index is 403. The Morgan fingerprint density at radius 2 is 1.95 bits per heavy atom. The van der Waals surface area contributed by atoms with Crippen molar-refractivity contribution in [3.05, 3.63) is 35.9 Å². The van der Waals surface area contributed by atoms with Gasteiger partial charge in [-0.15, -0.1) is 0 Å². The van der Waals surface area contributed by atoms with Crippen LogP contribution in [0.2, 0.25) is 0 Å². The molecule has 1 aromatic rings. The zero-order valence-corrected chi connectivity index (χ0v) is 14.2. The van der Waals surface area contributed by atoms with Gasteiger partial charge in [0.1, 0.15) is 0 Å². The van der Waals surface area contributed by atoms with Crippen LogP contribution in [0.3, 0.4) is 0 Å². The van der Waals surface area contributed by atoms with E-state index in [1.807, 2.05) is 0 Å². The fourth-order valence-electron chi connectivity index (χ4n) is 3.75. The molecule has 4 atom stereocenters. The molecule has 1 saturated carbocycles. The molecule has 0 amide bonds. The third-order valence-electron chi connectivity index (χ3n) is 5.32. The average Bonchev–Trinajstić information content (AvgIpc) is 2.54. The highest BCUT2D eigenvalue weighted by molar-refractivity contribution is 5.21. The second-order valence-corrected chi connectivity index (χ2v) is 6.84. The predicted molar refractivity (Wildman–Crippen MR) is 91.8 cm³/mol. The number of likely N-dealkylation sites (N-methyl/N-ethyl adjacent to an activating group) is 2. The summed E-state index contributed by atoms with van der Waals surface area (Å²) in [6.45, 7) is 5.87. The number of rotatable bonds is 6. The topological polar surface area (TPSA) is 15.3 Å². The minimum absolute atomic E-state index is 0.638. The van der Waals surface area contributed by atoms with Crippen LogP contribution in [0, 0.1) is 5.92 Å². The van der Waals surface area contributed by atoms with Crippen molar-refractivity contribution in [1.82, 2.24) is 10.2 Å². The standard InChI is InChI=1S/C19H32N2/c1-5-15(2)14-21(4)19-13-17(11-12-18(19)20-3)16-9-7-6-8-10-16/h6-10,15,17-20H,5,11-14H2,1-4H3. The van der Waals surface area contributed by atoms with Crippen LogP contribution in [-0.2, 0) is 0 Å². The summed E-state index contributed by atoms with van der Waals surface area (Å²) in [6.07, 6.45) is 5.14. The van der Waals surface area contributed by atoms with Crippen LogP contribution in [0.15, 0.2) is 30.3 Å². The van der Waals surface area contributed by atoms with Gasteiger partial charge < -0.3 is 10.2 Å². The first-order chi connectivity index (χ1) is 10.2. The molecule has 0 spiro atoms. The van der Waals surface area contributed by atoms with Crippen LogP contribution in [0.1, 0.15) is 51.0 Å². The predicted octanol–water partition coefficient (Wildman–Crippen LogP) is 3.89. The van der Waals surface area contributed by atoms with Crippen molar-refractivity contribution in [1.29, 1.82) is 0 Å². The summed E-state index contributed by atoms with van der Waals surface area (Å²) in [4.78, 5) is 2.60. The molecular weight excluding hydrogens is 256 g/mol. The highest BCUT2D eigenvalue weighted by atomic mass is 15.2. The Balaban J connectivity index is 2.05. The minimum atomic E-state index is 0.638. The lowest BCUT2D eigenvalue weighted by Gasteiger charge is -2.42. The third-order valence-corrected chi connectivity index (χ3v) is 5.32. The largest absolute Gasteiger partial charge is 0.315 e. The summed E-state index contributed by atoms with van der Waals surface area (Å²) in [5, 5.41) is 3.56. The van der Waals surface area contributed by atoms with Crippen molar-refractivity contribution >= 4 is 0 Å². The van der Waals surface area contributed by atoms with E-state index in [-0.39, 0.29) is 0 Å². The van der Waals surface area contributed by atoms with Gasteiger partial charge in [0.2, 0.25) is 0 Å². The van der Waals surface area contributed by atoms with Crippen molar-refractivity contribution in [3.63, 3.8) is 0 Å². The molecule has 0 saturated heterocycles. The van der Waals surface area contributed by atoms with E-state index in [1.54, 1.807) is 0 Å². The van der Waals surface area contributed by atoms with Crippen LogP contribution in [0.25, 0.3) is 0 Å². The molecular formula is C19H32N2. The molecule has 0 aliphatic heterocycles. The molecule has 118 valence electrons. The van der Waals surface area contributed by atoms with Crippen molar-refractivity contribution in [3.8, 4) is 0 Å². The fraction of sp³-hybridized carbons (Fsp3) is 0.684. The van der Waals surface area contributed by atoms with Crippen molar-refractivity contribution in [2.24, 2.45) is 5.92 Å². The summed E-state index contributed by atoms with van der Waals surface area (Å²) in [5.41, 5.74) is 1.52. The van der Waals surface area contributed by atoms with E-state index >= 15 is 0 Å². The van der Waals surface area contributed by atoms with E-state index < -0.39 is 0 Å². The van der Waals surface area contributed by atoms with Crippen molar-refractivity contribution in [2.75, 3.05) is 20.6 Å². The summed E-state index contributed by atoms with van der Waals surface area (Å²) in [7, 11) is 4.44. The van der Waals surface area contributed by atoms with Crippen LogP contribution >= 0.6 is 0 Å². The average molecular weight is 288 g/mol. The molecule has 1 N–H and O–H groups in total. The van der Waals surface area contributed by atoms with Gasteiger partial charge in [0, 0.05) is 18.6 Å². The second-order valence-electron chi connectivity index (χ2n) is 6.84. The maximum atomic E-state index is 3.56. The molecule has 0 aromatic heterocycles. The smallest absolute Gasteiger partial charge is 0.0252 e. The van der Waals surface area contributed by atoms with E-state index in [2.05, 4.69) is 68.5 Å². The van der Waals surface area contributed by atoms with E-state index in [4.69, 9.17) is 0 Å². The SMILES string of the molecule is CCC(C)CN(C)C1CC(c2ccccc2)CCC1NC. The number of benzene rings is 1. The zero-order chi connectivity index (χ0) is 15.2. The van der Waals surface area contributed by atoms with E-state index in [9.17, 15) is 0 Å². The van der Waals surface area contributed by atoms with Gasteiger partial charge in [0.05, 0.1) is 0 Å². The molecule has 1 aliphatic rings. The van der Waals surface area contributed by atoms with Gasteiger partial charge >= 0.3 is 0 Å². The van der Waals surface area contributed by atoms with Crippen LogP contribution in [-0.4, -0.2) is 37.6 Å². The summed E-state index contributed by atoms with van der Waals surface area (Å²) >= 11 is 0. The molecule has 2 heteroatoms. The maximum Gasteiger partial charge on any atom is 0.0252 e. The number of nitrogens with zero attached hydrogens (tertiary/aromatic N) is 1. The maximum absolute atomic E-state index is 3.56. The molecule has 1 aliphatic carbocycles. The van der Waals surface area contributed by atoms with Crippen molar-refractivity contribution in [2.45, 2.75) is 57.5 Å². The monoisotopic (exact) mass is 288 g/mol. The van der Waals surface area contributed by atoms with Gasteiger partial charge in [0.15, 0.2) is 0 Å². The fourth-order valence-corrected chi connectivity index (χ4v) is 3.75. The normalized spacial score (nSPS) is 27.8. The molecule has 1 fully saturated rings. The molecule has 0 radical (unpaired) electrons. The van der Waals surface area contributed by atoms with E-state index in [0.717, 1.165) is 11.8 Å². The minimum Gasteiger partial charge on any atom is -0.315 e. The summed E-state index contributed by atoms with van der Waals surface area (Å²) in [5.74, 6) is 1.50.